The molecule has 5 atom stereocenters. The molecule has 0 amide bonds. The molecular weight excluding hydrogens is 519 g/mol. The predicted molar refractivity (Wildman–Crippen MR) is 164 cm³/mol. The number of fused-ring (bicyclic) bond motifs is 1. The first-order chi connectivity index (χ1) is 18.1. The summed E-state index contributed by atoms with van der Waals surface area (Å²) in [7, 11) is -4.10. The molecule has 0 bridgehead atoms. The van der Waals surface area contributed by atoms with Gasteiger partial charge in [0.25, 0.3) is 0 Å². The molecule has 0 aromatic heterocycles. The van der Waals surface area contributed by atoms with Gasteiger partial charge in [-0.1, -0.05) is 102 Å². The van der Waals surface area contributed by atoms with E-state index < -0.39 is 16.6 Å². The summed E-state index contributed by atoms with van der Waals surface area (Å²) in [6.45, 7) is 25.1. The van der Waals surface area contributed by atoms with Crippen LogP contribution in [0.3, 0.4) is 0 Å². The van der Waals surface area contributed by atoms with Gasteiger partial charge < -0.3 is 13.6 Å². The molecule has 1 aliphatic carbocycles. The van der Waals surface area contributed by atoms with Crippen molar-refractivity contribution in [2.24, 2.45) is 5.92 Å². The van der Waals surface area contributed by atoms with Crippen LogP contribution < -0.4 is 0 Å². The second-order valence-electron chi connectivity index (χ2n) is 14.5. The second-order valence-corrected chi connectivity index (χ2v) is 24.0. The normalized spacial score (nSPS) is 26.4. The fourth-order valence-corrected chi connectivity index (χ4v) is 7.65. The van der Waals surface area contributed by atoms with Crippen molar-refractivity contribution >= 4 is 16.6 Å². The van der Waals surface area contributed by atoms with E-state index in [0.29, 0.717) is 13.2 Å². The molecule has 216 valence electrons. The van der Waals surface area contributed by atoms with Crippen LogP contribution in [0.4, 0.5) is 0 Å². The van der Waals surface area contributed by atoms with Gasteiger partial charge in [0.05, 0.1) is 31.5 Å². The first kappa shape index (κ1) is 30.6. The molecule has 0 N–H and O–H groups in total. The fraction of sp³-hybridized carbons (Fsp3) is 0.625. The van der Waals surface area contributed by atoms with Crippen molar-refractivity contribution in [3.05, 3.63) is 71.8 Å². The van der Waals surface area contributed by atoms with E-state index in [4.69, 9.17) is 18.4 Å². The lowest BCUT2D eigenvalue weighted by atomic mass is 9.71. The highest BCUT2D eigenvalue weighted by Crippen LogP contribution is 2.52. The number of hydrogen-bond acceptors (Lipinski definition) is 5. The third-order valence-electron chi connectivity index (χ3n) is 9.52. The number of benzene rings is 2. The van der Waals surface area contributed by atoms with E-state index in [0.717, 1.165) is 6.54 Å². The van der Waals surface area contributed by atoms with Crippen molar-refractivity contribution < 1.29 is 18.4 Å². The van der Waals surface area contributed by atoms with E-state index in [1.165, 1.54) is 11.1 Å². The molecule has 7 heteroatoms. The Bertz CT molecular complexity index is 1070. The zero-order chi connectivity index (χ0) is 28.6. The van der Waals surface area contributed by atoms with Crippen LogP contribution in [0.5, 0.6) is 0 Å². The van der Waals surface area contributed by atoms with Crippen molar-refractivity contribution in [1.29, 1.82) is 0 Å². The standard InChI is InChI=1S/C32H51NO4Si2/c1-31(2,3)38(7,8)36-29-27-26(23-34-22-25-19-15-12-16-20-25)35-33(21-24-17-13-11-14-18-24)28(27)30(29)37-39(9,10)32(4,5)6/h11-20,26-30H,21-23H2,1-10H3/t26-,27-,28+,29-,30-/m0/s1. The molecule has 2 fully saturated rings. The first-order valence-corrected chi connectivity index (χ1v) is 20.4. The van der Waals surface area contributed by atoms with Gasteiger partial charge in [-0.05, 0) is 47.4 Å². The summed E-state index contributed by atoms with van der Waals surface area (Å²) >= 11 is 0. The predicted octanol–water partition coefficient (Wildman–Crippen LogP) is 7.80. The Morgan fingerprint density at radius 2 is 1.21 bits per heavy atom. The van der Waals surface area contributed by atoms with Crippen molar-refractivity contribution in [2.45, 2.75) is 115 Å². The number of rotatable bonds is 10. The van der Waals surface area contributed by atoms with Crippen molar-refractivity contribution in [3.8, 4) is 0 Å². The first-order valence-electron chi connectivity index (χ1n) is 14.6. The van der Waals surface area contributed by atoms with Gasteiger partial charge in [-0.25, -0.2) is 0 Å². The van der Waals surface area contributed by atoms with E-state index in [2.05, 4.69) is 127 Å². The summed E-state index contributed by atoms with van der Waals surface area (Å²) in [6, 6.07) is 21.1. The van der Waals surface area contributed by atoms with Crippen molar-refractivity contribution in [1.82, 2.24) is 5.06 Å². The minimum atomic E-state index is -2.05. The molecule has 1 saturated carbocycles. The highest BCUT2D eigenvalue weighted by atomic mass is 28.4. The summed E-state index contributed by atoms with van der Waals surface area (Å²) in [6.07, 6.45) is -0.0968. The van der Waals surface area contributed by atoms with Gasteiger partial charge in [-0.2, -0.15) is 5.06 Å². The van der Waals surface area contributed by atoms with Gasteiger partial charge in [0, 0.05) is 12.5 Å². The molecule has 2 aliphatic rings. The molecule has 2 aromatic rings. The summed E-state index contributed by atoms with van der Waals surface area (Å²) < 4.78 is 20.6. The lowest BCUT2D eigenvalue weighted by molar-refractivity contribution is -0.198. The zero-order valence-corrected chi connectivity index (χ0v) is 27.9. The van der Waals surface area contributed by atoms with Gasteiger partial charge in [0.1, 0.15) is 6.10 Å². The van der Waals surface area contributed by atoms with E-state index in [1.807, 2.05) is 6.07 Å². The molecule has 0 spiro atoms. The molecule has 1 saturated heterocycles. The smallest absolute Gasteiger partial charge is 0.192 e. The zero-order valence-electron chi connectivity index (χ0n) is 25.9. The molecule has 5 nitrogen and oxygen atoms in total. The van der Waals surface area contributed by atoms with E-state index in [1.54, 1.807) is 0 Å². The minimum Gasteiger partial charge on any atom is -0.411 e. The van der Waals surface area contributed by atoms with Crippen LogP contribution in [0, 0.1) is 5.92 Å². The fourth-order valence-electron chi connectivity index (χ4n) is 5.01. The van der Waals surface area contributed by atoms with Gasteiger partial charge in [-0.3, -0.25) is 4.84 Å². The van der Waals surface area contributed by atoms with Crippen LogP contribution >= 0.6 is 0 Å². The maximum atomic E-state index is 7.19. The van der Waals surface area contributed by atoms with Crippen LogP contribution in [0.2, 0.25) is 36.3 Å². The number of ether oxygens (including phenoxy) is 1. The molecule has 39 heavy (non-hydrogen) atoms. The highest BCUT2D eigenvalue weighted by Gasteiger charge is 2.65. The molecular formula is C32H51NO4Si2. The van der Waals surface area contributed by atoms with Crippen LogP contribution in [-0.2, 0) is 31.6 Å². The van der Waals surface area contributed by atoms with Crippen LogP contribution in [-0.4, -0.2) is 52.7 Å². The third kappa shape index (κ3) is 6.77. The van der Waals surface area contributed by atoms with Crippen LogP contribution in [0.15, 0.2) is 60.7 Å². The molecule has 2 aromatic carbocycles. The second kappa shape index (κ2) is 11.5. The van der Waals surface area contributed by atoms with Crippen molar-refractivity contribution in [2.75, 3.05) is 6.61 Å². The number of nitrogens with zero attached hydrogens (tertiary/aromatic N) is 1. The van der Waals surface area contributed by atoms with Gasteiger partial charge in [-0.15, -0.1) is 0 Å². The number of hydroxylamine groups is 2. The summed E-state index contributed by atoms with van der Waals surface area (Å²) in [4.78, 5) is 6.73. The van der Waals surface area contributed by atoms with Gasteiger partial charge in [0.15, 0.2) is 16.6 Å². The Morgan fingerprint density at radius 1 is 0.718 bits per heavy atom. The number of hydrogen-bond donors (Lipinski definition) is 0. The van der Waals surface area contributed by atoms with E-state index in [9.17, 15) is 0 Å². The summed E-state index contributed by atoms with van der Waals surface area (Å²) in [5, 5.41) is 2.41. The molecule has 0 unspecified atom stereocenters. The van der Waals surface area contributed by atoms with Crippen molar-refractivity contribution in [3.63, 3.8) is 0 Å². The molecule has 4 rings (SSSR count). The Morgan fingerprint density at radius 3 is 1.72 bits per heavy atom. The minimum absolute atomic E-state index is 0.00360. The Labute approximate surface area is 239 Å². The quantitative estimate of drug-likeness (QED) is 0.273. The Kier molecular flexibility index (Phi) is 9.04. The maximum absolute atomic E-state index is 7.19. The maximum Gasteiger partial charge on any atom is 0.192 e. The SMILES string of the molecule is CC(C)(C)[Si](C)(C)O[C@@H]1[C@@H](O[Si](C)(C)C(C)(C)C)[C@H]2[C@@H]1[C@H](COCc1ccccc1)ON2Cc1ccccc1. The lowest BCUT2D eigenvalue weighted by Crippen LogP contribution is -2.70. The van der Waals surface area contributed by atoms with Gasteiger partial charge >= 0.3 is 0 Å². The largest absolute Gasteiger partial charge is 0.411 e. The monoisotopic (exact) mass is 569 g/mol. The third-order valence-corrected chi connectivity index (χ3v) is 18.5. The Hall–Kier alpha value is -1.33. The lowest BCUT2D eigenvalue weighted by Gasteiger charge is -2.56. The average Bonchev–Trinajstić information content (AvgIpc) is 3.14. The highest BCUT2D eigenvalue weighted by molar-refractivity contribution is 6.74. The summed E-state index contributed by atoms with van der Waals surface area (Å²) in [5.41, 5.74) is 2.41. The molecule has 0 radical (unpaired) electrons. The van der Waals surface area contributed by atoms with E-state index in [-0.39, 0.29) is 40.3 Å². The van der Waals surface area contributed by atoms with Crippen LogP contribution in [0.1, 0.15) is 52.7 Å². The van der Waals surface area contributed by atoms with Crippen LogP contribution in [0.25, 0.3) is 0 Å². The molecule has 1 aliphatic heterocycles. The summed E-state index contributed by atoms with van der Waals surface area (Å²) in [5.74, 6) is 0.202. The average molecular weight is 570 g/mol. The molecule has 1 heterocycles. The van der Waals surface area contributed by atoms with Gasteiger partial charge in [0.2, 0.25) is 0 Å². The van der Waals surface area contributed by atoms with E-state index >= 15 is 0 Å². The Balaban J connectivity index is 1.62. The topological polar surface area (TPSA) is 40.2 Å².